The van der Waals surface area contributed by atoms with Gasteiger partial charge in [0.15, 0.2) is 0 Å². The Kier molecular flexibility index (Phi) is 4.33. The van der Waals surface area contributed by atoms with E-state index < -0.39 is 0 Å². The van der Waals surface area contributed by atoms with Crippen molar-refractivity contribution in [3.05, 3.63) is 0 Å². The average molecular weight is 318 g/mol. The van der Waals surface area contributed by atoms with E-state index in [9.17, 15) is 9.59 Å². The van der Waals surface area contributed by atoms with E-state index in [0.29, 0.717) is 23.7 Å². The smallest absolute Gasteiger partial charge is 0.226 e. The molecular formula is C19H30N2O2. The van der Waals surface area contributed by atoms with Crippen LogP contribution in [0.5, 0.6) is 0 Å². The van der Waals surface area contributed by atoms with E-state index in [2.05, 4.69) is 9.80 Å². The standard InChI is InChI=1S/C19H30N2O2/c22-17-7-3-4-10-21(17)13-14-8-11-20(12-9-14)19(23)18-15-5-1-2-6-16(15)18/h14-16,18H,1-13H2/t15-,16-/m1/s1. The van der Waals surface area contributed by atoms with Gasteiger partial charge in [-0.3, -0.25) is 9.59 Å². The van der Waals surface area contributed by atoms with Crippen molar-refractivity contribution in [3.8, 4) is 0 Å². The summed E-state index contributed by atoms with van der Waals surface area (Å²) in [6, 6.07) is 0. The molecule has 4 aliphatic rings. The summed E-state index contributed by atoms with van der Waals surface area (Å²) in [5.41, 5.74) is 0. The Morgan fingerprint density at radius 2 is 1.61 bits per heavy atom. The Balaban J connectivity index is 1.24. The number of hydrogen-bond donors (Lipinski definition) is 0. The lowest BCUT2D eigenvalue weighted by molar-refractivity contribution is -0.137. The lowest BCUT2D eigenvalue weighted by Gasteiger charge is -2.36. The summed E-state index contributed by atoms with van der Waals surface area (Å²) in [7, 11) is 0. The number of fused-ring (bicyclic) bond motifs is 1. The third kappa shape index (κ3) is 3.14. The molecule has 4 nitrogen and oxygen atoms in total. The zero-order valence-corrected chi connectivity index (χ0v) is 14.2. The summed E-state index contributed by atoms with van der Waals surface area (Å²) in [6.07, 6.45) is 10.4. The van der Waals surface area contributed by atoms with Gasteiger partial charge in [0.25, 0.3) is 0 Å². The quantitative estimate of drug-likeness (QED) is 0.803. The van der Waals surface area contributed by atoms with Crippen molar-refractivity contribution in [1.82, 2.24) is 9.80 Å². The molecule has 0 aromatic heterocycles. The highest BCUT2D eigenvalue weighted by Gasteiger charge is 2.55. The third-order valence-electron chi connectivity index (χ3n) is 6.77. The summed E-state index contributed by atoms with van der Waals surface area (Å²) in [4.78, 5) is 28.9. The van der Waals surface area contributed by atoms with Crippen LogP contribution in [0, 0.1) is 23.7 Å². The highest BCUT2D eigenvalue weighted by atomic mass is 16.2. The van der Waals surface area contributed by atoms with Crippen LogP contribution in [-0.4, -0.2) is 47.8 Å². The molecule has 4 heteroatoms. The van der Waals surface area contributed by atoms with Crippen LogP contribution in [0.4, 0.5) is 0 Å². The van der Waals surface area contributed by atoms with Gasteiger partial charge in [0.05, 0.1) is 0 Å². The second-order valence-electron chi connectivity index (χ2n) is 8.20. The first-order valence-corrected chi connectivity index (χ1v) is 9.80. The van der Waals surface area contributed by atoms with E-state index in [1.165, 1.54) is 25.7 Å². The van der Waals surface area contributed by atoms with Gasteiger partial charge in [-0.15, -0.1) is 0 Å². The lowest BCUT2D eigenvalue weighted by atomic mass is 9.94. The van der Waals surface area contributed by atoms with E-state index >= 15 is 0 Å². The maximum atomic E-state index is 12.7. The predicted octanol–water partition coefficient (Wildman–Crippen LogP) is 2.67. The molecule has 0 radical (unpaired) electrons. The number of carbonyl (C=O) groups is 2. The molecule has 128 valence electrons. The Morgan fingerprint density at radius 1 is 0.913 bits per heavy atom. The van der Waals surface area contributed by atoms with Crippen LogP contribution in [0.1, 0.15) is 57.8 Å². The SMILES string of the molecule is O=C1CCCCN1CC1CCN(C(=O)C2[C@@H]3CCCC[C@@H]23)CC1. The number of piperidine rings is 2. The minimum atomic E-state index is 0.344. The monoisotopic (exact) mass is 318 g/mol. The fraction of sp³-hybridized carbons (Fsp3) is 0.895. The predicted molar refractivity (Wildman–Crippen MR) is 88.7 cm³/mol. The summed E-state index contributed by atoms with van der Waals surface area (Å²) in [5, 5.41) is 0. The number of rotatable bonds is 3. The first kappa shape index (κ1) is 15.5. The van der Waals surface area contributed by atoms with E-state index in [4.69, 9.17) is 0 Å². The molecule has 23 heavy (non-hydrogen) atoms. The zero-order chi connectivity index (χ0) is 15.8. The molecule has 2 aliphatic heterocycles. The second-order valence-corrected chi connectivity index (χ2v) is 8.20. The maximum absolute atomic E-state index is 12.7. The van der Waals surface area contributed by atoms with Crippen molar-refractivity contribution >= 4 is 11.8 Å². The third-order valence-corrected chi connectivity index (χ3v) is 6.77. The van der Waals surface area contributed by atoms with Gasteiger partial charge >= 0.3 is 0 Å². The fourth-order valence-corrected chi connectivity index (χ4v) is 5.27. The van der Waals surface area contributed by atoms with E-state index in [1.54, 1.807) is 0 Å². The van der Waals surface area contributed by atoms with Gasteiger partial charge in [0.2, 0.25) is 11.8 Å². The van der Waals surface area contributed by atoms with Crippen LogP contribution >= 0.6 is 0 Å². The minimum absolute atomic E-state index is 0.344. The molecule has 2 amide bonds. The topological polar surface area (TPSA) is 40.6 Å². The molecule has 4 fully saturated rings. The van der Waals surface area contributed by atoms with Gasteiger partial charge in [-0.05, 0) is 56.3 Å². The molecule has 2 saturated carbocycles. The van der Waals surface area contributed by atoms with Crippen molar-refractivity contribution in [3.63, 3.8) is 0 Å². The van der Waals surface area contributed by atoms with Crippen LogP contribution in [0.2, 0.25) is 0 Å². The molecular weight excluding hydrogens is 288 g/mol. The highest BCUT2D eigenvalue weighted by molar-refractivity contribution is 5.82. The van der Waals surface area contributed by atoms with Gasteiger partial charge in [-0.25, -0.2) is 0 Å². The van der Waals surface area contributed by atoms with Crippen LogP contribution < -0.4 is 0 Å². The number of carbonyl (C=O) groups excluding carboxylic acids is 2. The minimum Gasteiger partial charge on any atom is -0.342 e. The summed E-state index contributed by atoms with van der Waals surface area (Å²) in [5.74, 6) is 3.21. The van der Waals surface area contributed by atoms with E-state index in [0.717, 1.165) is 70.1 Å². The maximum Gasteiger partial charge on any atom is 0.226 e. The van der Waals surface area contributed by atoms with Crippen LogP contribution in [0.15, 0.2) is 0 Å². The number of nitrogens with zero attached hydrogens (tertiary/aromatic N) is 2. The molecule has 2 heterocycles. The molecule has 0 aromatic rings. The van der Waals surface area contributed by atoms with Gasteiger partial charge < -0.3 is 9.80 Å². The van der Waals surface area contributed by atoms with E-state index in [1.807, 2.05) is 0 Å². The first-order chi connectivity index (χ1) is 11.2. The number of amides is 2. The van der Waals surface area contributed by atoms with Gasteiger partial charge in [-0.1, -0.05) is 12.8 Å². The normalized spacial score (nSPS) is 35.1. The Morgan fingerprint density at radius 3 is 2.26 bits per heavy atom. The first-order valence-electron chi connectivity index (χ1n) is 9.80. The summed E-state index contributed by atoms with van der Waals surface area (Å²) < 4.78 is 0. The van der Waals surface area contributed by atoms with Crippen LogP contribution in [0.3, 0.4) is 0 Å². The summed E-state index contributed by atoms with van der Waals surface area (Å²) >= 11 is 0. The lowest BCUT2D eigenvalue weighted by Crippen LogP contribution is -2.44. The van der Waals surface area contributed by atoms with Gasteiger partial charge in [0, 0.05) is 38.5 Å². The number of hydrogen-bond acceptors (Lipinski definition) is 2. The molecule has 0 spiro atoms. The molecule has 0 bridgehead atoms. The summed E-state index contributed by atoms with van der Waals surface area (Å²) in [6.45, 7) is 3.71. The molecule has 0 N–H and O–H groups in total. The molecule has 2 aliphatic carbocycles. The molecule has 0 aromatic carbocycles. The molecule has 2 atom stereocenters. The van der Waals surface area contributed by atoms with Crippen LogP contribution in [-0.2, 0) is 9.59 Å². The largest absolute Gasteiger partial charge is 0.342 e. The molecule has 0 unspecified atom stereocenters. The second kappa shape index (κ2) is 6.45. The fourth-order valence-electron chi connectivity index (χ4n) is 5.27. The molecule has 2 saturated heterocycles. The molecule has 4 rings (SSSR count). The van der Waals surface area contributed by atoms with Crippen molar-refractivity contribution in [2.45, 2.75) is 57.8 Å². The Bertz CT molecular complexity index is 458. The Labute approximate surface area is 139 Å². The van der Waals surface area contributed by atoms with E-state index in [-0.39, 0.29) is 0 Å². The highest BCUT2D eigenvalue weighted by Crippen LogP contribution is 2.56. The van der Waals surface area contributed by atoms with Crippen molar-refractivity contribution in [2.24, 2.45) is 23.7 Å². The average Bonchev–Trinajstić information content (AvgIpc) is 3.31. The van der Waals surface area contributed by atoms with Crippen molar-refractivity contribution in [2.75, 3.05) is 26.2 Å². The van der Waals surface area contributed by atoms with Crippen molar-refractivity contribution < 1.29 is 9.59 Å². The Hall–Kier alpha value is -1.06. The van der Waals surface area contributed by atoms with Gasteiger partial charge in [-0.2, -0.15) is 0 Å². The van der Waals surface area contributed by atoms with Gasteiger partial charge in [0.1, 0.15) is 0 Å². The van der Waals surface area contributed by atoms with Crippen LogP contribution in [0.25, 0.3) is 0 Å². The number of likely N-dealkylation sites (tertiary alicyclic amines) is 2. The zero-order valence-electron chi connectivity index (χ0n) is 14.2. The van der Waals surface area contributed by atoms with Crippen molar-refractivity contribution in [1.29, 1.82) is 0 Å².